The number of hydrogen-bond acceptors (Lipinski definition) is 2. The normalized spacial score (nSPS) is 10.8. The average molecular weight is 416 g/mol. The van der Waals surface area contributed by atoms with Gasteiger partial charge in [0.05, 0.1) is 4.47 Å². The Morgan fingerprint density at radius 1 is 1.15 bits per heavy atom. The van der Waals surface area contributed by atoms with Crippen molar-refractivity contribution in [2.24, 2.45) is 0 Å². The van der Waals surface area contributed by atoms with E-state index >= 15 is 0 Å². The van der Waals surface area contributed by atoms with Gasteiger partial charge < -0.3 is 4.98 Å². The zero-order valence-electron chi connectivity index (χ0n) is 11.7. The molecule has 0 fully saturated rings. The highest BCUT2D eigenvalue weighted by Gasteiger charge is 2.10. The van der Waals surface area contributed by atoms with Gasteiger partial charge in [0.2, 0.25) is 0 Å². The molecule has 0 aliphatic rings. The van der Waals surface area contributed by atoms with Gasteiger partial charge in [-0.25, -0.2) is 4.98 Å². The van der Waals surface area contributed by atoms with Crippen molar-refractivity contribution in [1.29, 1.82) is 0 Å². The van der Waals surface area contributed by atoms with E-state index in [0.717, 1.165) is 38.9 Å². The van der Waals surface area contributed by atoms with E-state index in [9.17, 15) is 0 Å². The van der Waals surface area contributed by atoms with E-state index < -0.39 is 0 Å². The van der Waals surface area contributed by atoms with Crippen LogP contribution in [-0.2, 0) is 6.42 Å². The zero-order valence-corrected chi connectivity index (χ0v) is 15.7. The van der Waals surface area contributed by atoms with Gasteiger partial charge in [0.1, 0.15) is 10.5 Å². The molecule has 106 valence electrons. The number of aromatic nitrogens is 2. The highest BCUT2D eigenvalue weighted by atomic mass is 79.9. The summed E-state index contributed by atoms with van der Waals surface area (Å²) in [6, 6.07) is 4.24. The monoisotopic (exact) mass is 414 g/mol. The lowest BCUT2D eigenvalue weighted by Gasteiger charge is -2.10. The molecule has 1 aromatic heterocycles. The van der Waals surface area contributed by atoms with E-state index in [0.29, 0.717) is 4.64 Å². The highest BCUT2D eigenvalue weighted by Crippen LogP contribution is 2.28. The first kappa shape index (κ1) is 15.9. The second-order valence-electron chi connectivity index (χ2n) is 4.86. The maximum absolute atomic E-state index is 5.35. The summed E-state index contributed by atoms with van der Waals surface area (Å²) in [5.41, 5.74) is 4.57. The van der Waals surface area contributed by atoms with Crippen molar-refractivity contribution in [3.05, 3.63) is 42.5 Å². The molecule has 0 aliphatic heterocycles. The molecule has 20 heavy (non-hydrogen) atoms. The van der Waals surface area contributed by atoms with Crippen molar-refractivity contribution >= 4 is 44.1 Å². The minimum atomic E-state index is 0.612. The third-order valence-electron chi connectivity index (χ3n) is 3.15. The molecule has 1 heterocycles. The Morgan fingerprint density at radius 3 is 2.30 bits per heavy atom. The predicted octanol–water partition coefficient (Wildman–Crippen LogP) is 5.90. The fourth-order valence-corrected chi connectivity index (χ4v) is 2.98. The Kier molecular flexibility index (Phi) is 5.15. The topological polar surface area (TPSA) is 28.7 Å². The number of rotatable bonds is 3. The van der Waals surface area contributed by atoms with Gasteiger partial charge in [-0.2, -0.15) is 0 Å². The summed E-state index contributed by atoms with van der Waals surface area (Å²) in [4.78, 5) is 7.90. The van der Waals surface area contributed by atoms with Crippen molar-refractivity contribution in [1.82, 2.24) is 9.97 Å². The van der Waals surface area contributed by atoms with Gasteiger partial charge in [0.25, 0.3) is 0 Å². The van der Waals surface area contributed by atoms with E-state index in [1.54, 1.807) is 0 Å². The predicted molar refractivity (Wildman–Crippen MR) is 93.7 cm³/mol. The van der Waals surface area contributed by atoms with Crippen LogP contribution in [0.15, 0.2) is 21.1 Å². The molecule has 0 bridgehead atoms. The minimum Gasteiger partial charge on any atom is -0.342 e. The molecular weight excluding hydrogens is 400 g/mol. The van der Waals surface area contributed by atoms with Gasteiger partial charge in [-0.15, -0.1) is 0 Å². The standard InChI is InChI=1S/C15H16Br2N2S/c1-4-5-11-13(17)15(20)19-14(18-11)10-6-8(2)12(16)9(3)7-10/h6-7H,4-5H2,1-3H3,(H,18,19,20). The Balaban J connectivity index is 2.61. The molecule has 2 aromatic rings. The lowest BCUT2D eigenvalue weighted by molar-refractivity contribution is 0.865. The largest absolute Gasteiger partial charge is 0.342 e. The number of H-pyrrole nitrogens is 1. The molecule has 0 saturated carbocycles. The van der Waals surface area contributed by atoms with E-state index in [-0.39, 0.29) is 0 Å². The molecule has 1 aromatic carbocycles. The lowest BCUT2D eigenvalue weighted by Crippen LogP contribution is -1.99. The summed E-state index contributed by atoms with van der Waals surface area (Å²) < 4.78 is 2.66. The van der Waals surface area contributed by atoms with E-state index in [1.165, 1.54) is 11.1 Å². The van der Waals surface area contributed by atoms with E-state index in [2.05, 4.69) is 74.7 Å². The number of aryl methyl sites for hydroxylation is 3. The highest BCUT2D eigenvalue weighted by molar-refractivity contribution is 9.10. The molecule has 0 saturated heterocycles. The van der Waals surface area contributed by atoms with Crippen molar-refractivity contribution < 1.29 is 0 Å². The fraction of sp³-hybridized carbons (Fsp3) is 0.333. The molecular formula is C15H16Br2N2S. The van der Waals surface area contributed by atoms with Crippen LogP contribution in [0.2, 0.25) is 0 Å². The number of hydrogen-bond donors (Lipinski definition) is 1. The molecule has 0 atom stereocenters. The first-order valence-corrected chi connectivity index (χ1v) is 8.49. The van der Waals surface area contributed by atoms with Crippen LogP contribution in [0.5, 0.6) is 0 Å². The van der Waals surface area contributed by atoms with Crippen molar-refractivity contribution in [3.8, 4) is 11.4 Å². The molecule has 0 radical (unpaired) electrons. The average Bonchev–Trinajstić information content (AvgIpc) is 2.40. The summed E-state index contributed by atoms with van der Waals surface area (Å²) in [5.74, 6) is 0.834. The summed E-state index contributed by atoms with van der Waals surface area (Å²) in [5, 5.41) is 0. The van der Waals surface area contributed by atoms with Crippen LogP contribution in [0.4, 0.5) is 0 Å². The van der Waals surface area contributed by atoms with Crippen molar-refractivity contribution in [2.45, 2.75) is 33.6 Å². The molecule has 0 amide bonds. The number of benzene rings is 1. The van der Waals surface area contributed by atoms with Crippen molar-refractivity contribution in [2.75, 3.05) is 0 Å². The van der Waals surface area contributed by atoms with E-state index in [1.807, 2.05) is 0 Å². The molecule has 5 heteroatoms. The van der Waals surface area contributed by atoms with Crippen LogP contribution in [0.25, 0.3) is 11.4 Å². The lowest BCUT2D eigenvalue weighted by atomic mass is 10.1. The number of aromatic amines is 1. The van der Waals surface area contributed by atoms with Gasteiger partial charge in [-0.05, 0) is 59.5 Å². The summed E-state index contributed by atoms with van der Waals surface area (Å²) in [6.07, 6.45) is 2.01. The molecule has 0 unspecified atom stereocenters. The van der Waals surface area contributed by atoms with Gasteiger partial charge in [-0.3, -0.25) is 0 Å². The fourth-order valence-electron chi connectivity index (χ4n) is 2.15. The van der Waals surface area contributed by atoms with Crippen LogP contribution in [-0.4, -0.2) is 9.97 Å². The smallest absolute Gasteiger partial charge is 0.144 e. The summed E-state index contributed by atoms with van der Waals surface area (Å²) in [6.45, 7) is 6.32. The third kappa shape index (κ3) is 3.21. The first-order valence-electron chi connectivity index (χ1n) is 6.49. The third-order valence-corrected chi connectivity index (χ3v) is 5.81. The molecule has 0 spiro atoms. The second-order valence-corrected chi connectivity index (χ2v) is 6.83. The van der Waals surface area contributed by atoms with Gasteiger partial charge in [0, 0.05) is 15.7 Å². The van der Waals surface area contributed by atoms with Gasteiger partial charge in [0.15, 0.2) is 0 Å². The van der Waals surface area contributed by atoms with Gasteiger partial charge in [-0.1, -0.05) is 41.5 Å². The number of nitrogens with zero attached hydrogens (tertiary/aromatic N) is 1. The molecule has 2 rings (SSSR count). The summed E-state index contributed by atoms with van der Waals surface area (Å²) >= 11 is 12.5. The van der Waals surface area contributed by atoms with Crippen LogP contribution < -0.4 is 0 Å². The van der Waals surface area contributed by atoms with Crippen LogP contribution in [0.1, 0.15) is 30.2 Å². The molecule has 1 N–H and O–H groups in total. The minimum absolute atomic E-state index is 0.612. The molecule has 2 nitrogen and oxygen atoms in total. The Bertz CT molecular complexity index is 685. The van der Waals surface area contributed by atoms with Gasteiger partial charge >= 0.3 is 0 Å². The maximum Gasteiger partial charge on any atom is 0.144 e. The quantitative estimate of drug-likeness (QED) is 0.632. The number of nitrogens with one attached hydrogen (secondary N) is 1. The van der Waals surface area contributed by atoms with Crippen LogP contribution in [0, 0.1) is 18.5 Å². The molecule has 0 aliphatic carbocycles. The Morgan fingerprint density at radius 2 is 1.75 bits per heavy atom. The maximum atomic E-state index is 5.35. The SMILES string of the molecule is CCCc1[nH]c(-c2cc(C)c(Br)c(C)c2)nc(=S)c1Br. The number of halogens is 2. The first-order chi connectivity index (χ1) is 9.43. The summed E-state index contributed by atoms with van der Waals surface area (Å²) in [7, 11) is 0. The second kappa shape index (κ2) is 6.50. The van der Waals surface area contributed by atoms with E-state index in [4.69, 9.17) is 12.2 Å². The van der Waals surface area contributed by atoms with Crippen LogP contribution >= 0.6 is 44.1 Å². The van der Waals surface area contributed by atoms with Crippen LogP contribution in [0.3, 0.4) is 0 Å². The van der Waals surface area contributed by atoms with Crippen molar-refractivity contribution in [3.63, 3.8) is 0 Å². The zero-order chi connectivity index (χ0) is 14.9. The Hall–Kier alpha value is -0.520. The Labute approximate surface area is 141 Å².